The first-order valence-electron chi connectivity index (χ1n) is 9.56. The zero-order chi connectivity index (χ0) is 22.6. The normalized spacial score (nSPS) is 11.4. The predicted octanol–water partition coefficient (Wildman–Crippen LogP) is 5.36. The molecule has 0 aliphatic heterocycles. The van der Waals surface area contributed by atoms with E-state index in [1.807, 2.05) is 0 Å². The topological polar surface area (TPSA) is 83.9 Å². The van der Waals surface area contributed by atoms with E-state index in [1.54, 1.807) is 86.6 Å². The summed E-state index contributed by atoms with van der Waals surface area (Å²) in [6.45, 7) is 3.55. The van der Waals surface area contributed by atoms with Crippen molar-refractivity contribution < 1.29 is 23.1 Å². The molecule has 1 N–H and O–H groups in total. The average molecular weight is 460 g/mol. The van der Waals surface area contributed by atoms with Gasteiger partial charge in [0, 0.05) is 17.1 Å². The van der Waals surface area contributed by atoms with Gasteiger partial charge in [-0.15, -0.1) is 0 Å². The lowest BCUT2D eigenvalue weighted by atomic mass is 10.1. The van der Waals surface area contributed by atoms with E-state index in [2.05, 4.69) is 0 Å². The number of carboxylic acid groups (broad SMARTS) is 1. The maximum atomic E-state index is 13.4. The number of carboxylic acids is 1. The van der Waals surface area contributed by atoms with Crippen molar-refractivity contribution >= 4 is 33.3 Å². The number of carbonyl (C=O) groups is 1. The van der Waals surface area contributed by atoms with Crippen LogP contribution in [0.15, 0.2) is 77.7 Å². The Hall–Kier alpha value is -3.03. The van der Waals surface area contributed by atoms with E-state index in [0.717, 1.165) is 0 Å². The van der Waals surface area contributed by atoms with Gasteiger partial charge in [0.2, 0.25) is 0 Å². The van der Waals surface area contributed by atoms with Crippen molar-refractivity contribution in [2.75, 3.05) is 4.31 Å². The molecule has 31 heavy (non-hydrogen) atoms. The van der Waals surface area contributed by atoms with Gasteiger partial charge in [0.1, 0.15) is 5.75 Å². The lowest BCUT2D eigenvalue weighted by molar-refractivity contribution is -0.136. The van der Waals surface area contributed by atoms with E-state index in [1.165, 1.54) is 4.31 Å². The molecule has 0 heterocycles. The van der Waals surface area contributed by atoms with Gasteiger partial charge >= 0.3 is 5.97 Å². The number of rotatable bonds is 8. The molecule has 3 rings (SSSR count). The van der Waals surface area contributed by atoms with Crippen molar-refractivity contribution in [3.05, 3.63) is 83.4 Å². The van der Waals surface area contributed by atoms with Gasteiger partial charge < -0.3 is 9.84 Å². The van der Waals surface area contributed by atoms with Gasteiger partial charge in [-0.1, -0.05) is 41.9 Å². The van der Waals surface area contributed by atoms with Crippen LogP contribution in [-0.4, -0.2) is 25.5 Å². The number of benzene rings is 3. The molecule has 0 saturated carbocycles. The summed E-state index contributed by atoms with van der Waals surface area (Å²) in [6.07, 6.45) is -0.0981. The molecular formula is C23H22ClNO5S. The molecule has 0 aliphatic carbocycles. The molecule has 0 bridgehead atoms. The van der Waals surface area contributed by atoms with Crippen LogP contribution in [0.25, 0.3) is 0 Å². The van der Waals surface area contributed by atoms with Crippen molar-refractivity contribution in [3.63, 3.8) is 0 Å². The summed E-state index contributed by atoms with van der Waals surface area (Å²) in [6, 6.07) is 19.1. The minimum atomic E-state index is -3.86. The predicted molar refractivity (Wildman–Crippen MR) is 121 cm³/mol. The Morgan fingerprint density at radius 3 is 2.26 bits per heavy atom. The molecule has 0 saturated heterocycles. The van der Waals surface area contributed by atoms with E-state index in [4.69, 9.17) is 21.4 Å². The standard InChI is InChI=1S/C23H22ClNO5S/c1-16(2)25(31(28,29)20-6-4-3-5-7-20)21-13-10-18(24)15-22(21)30-19-11-8-17(9-12-19)14-23(26)27/h3-13,15-16H,14H2,1-2H3,(H,26,27). The van der Waals surface area contributed by atoms with Gasteiger partial charge in [0.25, 0.3) is 10.0 Å². The molecule has 0 amide bonds. The molecule has 162 valence electrons. The highest BCUT2D eigenvalue weighted by Gasteiger charge is 2.30. The number of aliphatic carboxylic acids is 1. The molecule has 0 aromatic heterocycles. The number of hydrogen-bond acceptors (Lipinski definition) is 4. The summed E-state index contributed by atoms with van der Waals surface area (Å²) < 4.78 is 34.1. The number of nitrogens with zero attached hydrogens (tertiary/aromatic N) is 1. The third kappa shape index (κ3) is 5.37. The van der Waals surface area contributed by atoms with Crippen LogP contribution in [0.4, 0.5) is 5.69 Å². The van der Waals surface area contributed by atoms with E-state index < -0.39 is 22.0 Å². The summed E-state index contributed by atoms with van der Waals surface area (Å²) in [5, 5.41) is 9.30. The molecule has 0 spiro atoms. The third-order valence-electron chi connectivity index (χ3n) is 4.43. The minimum Gasteiger partial charge on any atom is -0.481 e. The van der Waals surface area contributed by atoms with Crippen LogP contribution in [0, 0.1) is 0 Å². The summed E-state index contributed by atoms with van der Waals surface area (Å²) in [7, 11) is -3.86. The second-order valence-electron chi connectivity index (χ2n) is 7.14. The van der Waals surface area contributed by atoms with Crippen LogP contribution >= 0.6 is 11.6 Å². The lowest BCUT2D eigenvalue weighted by Crippen LogP contribution is -2.37. The summed E-state index contributed by atoms with van der Waals surface area (Å²) in [5.74, 6) is -0.227. The fraction of sp³-hybridized carbons (Fsp3) is 0.174. The highest BCUT2D eigenvalue weighted by atomic mass is 35.5. The Morgan fingerprint density at radius 2 is 1.68 bits per heavy atom. The van der Waals surface area contributed by atoms with Crippen molar-refractivity contribution in [2.45, 2.75) is 31.2 Å². The van der Waals surface area contributed by atoms with Crippen LogP contribution in [0.3, 0.4) is 0 Å². The Bertz CT molecular complexity index is 1160. The first kappa shape index (κ1) is 22.7. The van der Waals surface area contributed by atoms with E-state index in [-0.39, 0.29) is 17.1 Å². The molecule has 0 aliphatic rings. The molecule has 3 aromatic rings. The lowest BCUT2D eigenvalue weighted by Gasteiger charge is -2.30. The molecule has 0 fully saturated rings. The highest BCUT2D eigenvalue weighted by Crippen LogP contribution is 2.38. The van der Waals surface area contributed by atoms with E-state index in [9.17, 15) is 13.2 Å². The summed E-state index contributed by atoms with van der Waals surface area (Å²) >= 11 is 6.17. The van der Waals surface area contributed by atoms with Gasteiger partial charge in [-0.2, -0.15) is 0 Å². The molecular weight excluding hydrogens is 438 g/mol. The van der Waals surface area contributed by atoms with Crippen LogP contribution in [0.5, 0.6) is 11.5 Å². The quantitative estimate of drug-likeness (QED) is 0.490. The summed E-state index contributed by atoms with van der Waals surface area (Å²) in [5.41, 5.74) is 0.972. The zero-order valence-electron chi connectivity index (χ0n) is 17.0. The van der Waals surface area contributed by atoms with Gasteiger partial charge in [-0.3, -0.25) is 9.10 Å². The van der Waals surface area contributed by atoms with Crippen LogP contribution < -0.4 is 9.04 Å². The number of ether oxygens (including phenoxy) is 1. The Kier molecular flexibility index (Phi) is 6.87. The summed E-state index contributed by atoms with van der Waals surface area (Å²) in [4.78, 5) is 11.0. The SMILES string of the molecule is CC(C)N(c1ccc(Cl)cc1Oc1ccc(CC(=O)O)cc1)S(=O)(=O)c1ccccc1. The molecule has 0 radical (unpaired) electrons. The number of sulfonamides is 1. The molecule has 0 atom stereocenters. The van der Waals surface area contributed by atoms with Crippen molar-refractivity contribution in [3.8, 4) is 11.5 Å². The van der Waals surface area contributed by atoms with Crippen LogP contribution in [0.2, 0.25) is 5.02 Å². The van der Waals surface area contributed by atoms with Crippen molar-refractivity contribution in [2.24, 2.45) is 0 Å². The van der Waals surface area contributed by atoms with Gasteiger partial charge in [0.05, 0.1) is 17.0 Å². The second kappa shape index (κ2) is 9.41. The number of hydrogen-bond donors (Lipinski definition) is 1. The van der Waals surface area contributed by atoms with Gasteiger partial charge in [-0.25, -0.2) is 8.42 Å². The monoisotopic (exact) mass is 459 g/mol. The van der Waals surface area contributed by atoms with Crippen molar-refractivity contribution in [1.29, 1.82) is 0 Å². The molecule has 0 unspecified atom stereocenters. The van der Waals surface area contributed by atoms with Crippen LogP contribution in [0.1, 0.15) is 19.4 Å². The zero-order valence-corrected chi connectivity index (χ0v) is 18.6. The largest absolute Gasteiger partial charge is 0.481 e. The van der Waals surface area contributed by atoms with Crippen molar-refractivity contribution in [1.82, 2.24) is 0 Å². The third-order valence-corrected chi connectivity index (χ3v) is 6.67. The van der Waals surface area contributed by atoms with Gasteiger partial charge in [0.15, 0.2) is 5.75 Å². The van der Waals surface area contributed by atoms with E-state index >= 15 is 0 Å². The fourth-order valence-corrected chi connectivity index (χ4v) is 4.98. The fourth-order valence-electron chi connectivity index (χ4n) is 3.12. The Labute approximate surface area is 186 Å². The maximum absolute atomic E-state index is 13.4. The highest BCUT2D eigenvalue weighted by molar-refractivity contribution is 7.92. The van der Waals surface area contributed by atoms with Crippen LogP contribution in [-0.2, 0) is 21.2 Å². The van der Waals surface area contributed by atoms with E-state index in [0.29, 0.717) is 22.0 Å². The minimum absolute atomic E-state index is 0.0981. The Balaban J connectivity index is 2.02. The molecule has 8 heteroatoms. The average Bonchev–Trinajstić information content (AvgIpc) is 2.71. The first-order chi connectivity index (χ1) is 14.7. The smallest absolute Gasteiger partial charge is 0.307 e. The second-order valence-corrected chi connectivity index (χ2v) is 9.39. The van der Waals surface area contributed by atoms with Gasteiger partial charge in [-0.05, 0) is 55.8 Å². The number of anilines is 1. The Morgan fingerprint density at radius 1 is 1.03 bits per heavy atom. The first-order valence-corrected chi connectivity index (χ1v) is 11.4. The number of halogens is 1. The maximum Gasteiger partial charge on any atom is 0.307 e. The molecule has 3 aromatic carbocycles. The molecule has 6 nitrogen and oxygen atoms in total.